The zero-order valence-electron chi connectivity index (χ0n) is 12.0. The second kappa shape index (κ2) is 6.26. The van der Waals surface area contributed by atoms with E-state index >= 15 is 0 Å². The highest BCUT2D eigenvalue weighted by Crippen LogP contribution is 2.11. The van der Waals surface area contributed by atoms with Crippen LogP contribution in [0.15, 0.2) is 70.5 Å². The Kier molecular flexibility index (Phi) is 4.01. The van der Waals surface area contributed by atoms with E-state index in [2.05, 4.69) is 9.97 Å². The fourth-order valence-corrected chi connectivity index (χ4v) is 2.48. The second-order valence-corrected chi connectivity index (χ2v) is 5.22. The molecule has 0 radical (unpaired) electrons. The van der Waals surface area contributed by atoms with Crippen molar-refractivity contribution in [1.29, 1.82) is 0 Å². The fraction of sp³-hybridized carbons (Fsp3) is 0.111. The molecule has 22 heavy (non-hydrogen) atoms. The highest BCUT2D eigenvalue weighted by atomic mass is 16.1. The van der Waals surface area contributed by atoms with Crippen LogP contribution in [0, 0.1) is 0 Å². The highest BCUT2D eigenvalue weighted by molar-refractivity contribution is 5.31. The number of hydrogen-bond acceptors (Lipinski definition) is 2. The van der Waals surface area contributed by atoms with Gasteiger partial charge in [-0.3, -0.25) is 9.59 Å². The molecule has 2 heterocycles. The van der Waals surface area contributed by atoms with E-state index in [9.17, 15) is 9.59 Å². The molecule has 2 N–H and O–H groups in total. The quantitative estimate of drug-likeness (QED) is 0.774. The van der Waals surface area contributed by atoms with Crippen LogP contribution < -0.4 is 11.1 Å². The van der Waals surface area contributed by atoms with Crippen LogP contribution in [0.5, 0.6) is 0 Å². The molecular weight excluding hydrogens is 276 g/mol. The molecule has 0 aliphatic heterocycles. The van der Waals surface area contributed by atoms with Gasteiger partial charge in [-0.2, -0.15) is 0 Å². The van der Waals surface area contributed by atoms with Gasteiger partial charge in [0, 0.05) is 36.4 Å². The van der Waals surface area contributed by atoms with Gasteiger partial charge >= 0.3 is 0 Å². The minimum atomic E-state index is -0.0626. The lowest BCUT2D eigenvalue weighted by molar-refractivity contribution is 1.06. The molecule has 0 spiro atoms. The Balaban J connectivity index is 1.84. The number of benzene rings is 1. The van der Waals surface area contributed by atoms with Crippen molar-refractivity contribution in [3.05, 3.63) is 104 Å². The first-order valence-corrected chi connectivity index (χ1v) is 7.13. The maximum Gasteiger partial charge on any atom is 0.251 e. The van der Waals surface area contributed by atoms with Gasteiger partial charge in [-0.05, 0) is 23.3 Å². The second-order valence-electron chi connectivity index (χ2n) is 5.22. The number of nitrogens with one attached hydrogen (secondary N) is 2. The number of aromatic amines is 2. The minimum absolute atomic E-state index is 0.0626. The average molecular weight is 292 g/mol. The van der Waals surface area contributed by atoms with Gasteiger partial charge in [-0.15, -0.1) is 0 Å². The van der Waals surface area contributed by atoms with Crippen LogP contribution in [0.25, 0.3) is 0 Å². The molecule has 2 aromatic heterocycles. The van der Waals surface area contributed by atoms with Gasteiger partial charge in [0.1, 0.15) is 0 Å². The van der Waals surface area contributed by atoms with Crippen molar-refractivity contribution in [2.45, 2.75) is 12.8 Å². The average Bonchev–Trinajstić information content (AvgIpc) is 2.52. The predicted molar refractivity (Wildman–Crippen MR) is 86.2 cm³/mol. The molecule has 3 aromatic rings. The van der Waals surface area contributed by atoms with Crippen LogP contribution in [0.2, 0.25) is 0 Å². The van der Waals surface area contributed by atoms with Crippen molar-refractivity contribution in [2.75, 3.05) is 0 Å². The van der Waals surface area contributed by atoms with E-state index in [0.29, 0.717) is 12.8 Å². The summed E-state index contributed by atoms with van der Waals surface area (Å²) in [5, 5.41) is 0. The third-order valence-corrected chi connectivity index (χ3v) is 3.58. The van der Waals surface area contributed by atoms with Gasteiger partial charge in [0.05, 0.1) is 0 Å². The molecule has 0 bridgehead atoms. The lowest BCUT2D eigenvalue weighted by Gasteiger charge is -2.05. The van der Waals surface area contributed by atoms with Gasteiger partial charge < -0.3 is 9.97 Å². The normalized spacial score (nSPS) is 10.5. The molecule has 1 aromatic carbocycles. The van der Waals surface area contributed by atoms with E-state index < -0.39 is 0 Å². The van der Waals surface area contributed by atoms with Gasteiger partial charge in [-0.1, -0.05) is 36.4 Å². The smallest absolute Gasteiger partial charge is 0.251 e. The van der Waals surface area contributed by atoms with Crippen molar-refractivity contribution in [3.63, 3.8) is 0 Å². The summed E-state index contributed by atoms with van der Waals surface area (Å²) in [6.07, 6.45) is 4.41. The lowest BCUT2D eigenvalue weighted by atomic mass is 10.0. The first-order valence-electron chi connectivity index (χ1n) is 7.13. The molecule has 3 rings (SSSR count). The van der Waals surface area contributed by atoms with Crippen molar-refractivity contribution in [3.8, 4) is 0 Å². The van der Waals surface area contributed by atoms with Crippen LogP contribution in [0.3, 0.4) is 0 Å². The molecule has 0 amide bonds. The van der Waals surface area contributed by atoms with Crippen molar-refractivity contribution in [2.24, 2.45) is 0 Å². The van der Waals surface area contributed by atoms with E-state index in [4.69, 9.17) is 0 Å². The first kappa shape index (κ1) is 14.1. The summed E-state index contributed by atoms with van der Waals surface area (Å²) in [7, 11) is 0. The Morgan fingerprint density at radius 2 is 1.18 bits per heavy atom. The van der Waals surface area contributed by atoms with E-state index in [1.807, 2.05) is 48.5 Å². The third kappa shape index (κ3) is 3.23. The Morgan fingerprint density at radius 1 is 0.682 bits per heavy atom. The summed E-state index contributed by atoms with van der Waals surface area (Å²) in [5.74, 6) is 0. The molecule has 110 valence electrons. The van der Waals surface area contributed by atoms with Crippen LogP contribution in [0.1, 0.15) is 22.3 Å². The Bertz CT molecular complexity index is 823. The Hall–Kier alpha value is -2.88. The summed E-state index contributed by atoms with van der Waals surface area (Å²) < 4.78 is 0. The summed E-state index contributed by atoms with van der Waals surface area (Å²) in [6.45, 7) is 0. The molecule has 4 heteroatoms. The molecule has 0 saturated heterocycles. The highest BCUT2D eigenvalue weighted by Gasteiger charge is 2.04. The summed E-state index contributed by atoms with van der Waals surface area (Å²) in [6, 6.07) is 15.3. The molecule has 0 saturated carbocycles. The Morgan fingerprint density at radius 3 is 1.64 bits per heavy atom. The van der Waals surface area contributed by atoms with Gasteiger partial charge in [0.15, 0.2) is 0 Å². The number of hydrogen-bond donors (Lipinski definition) is 2. The maximum absolute atomic E-state index is 11.7. The monoisotopic (exact) mass is 292 g/mol. The first-order chi connectivity index (χ1) is 10.7. The van der Waals surface area contributed by atoms with E-state index in [0.717, 1.165) is 22.3 Å². The third-order valence-electron chi connectivity index (χ3n) is 3.58. The van der Waals surface area contributed by atoms with Crippen molar-refractivity contribution in [1.82, 2.24) is 9.97 Å². The summed E-state index contributed by atoms with van der Waals surface area (Å²) in [4.78, 5) is 28.8. The van der Waals surface area contributed by atoms with Crippen LogP contribution in [-0.4, -0.2) is 9.97 Å². The van der Waals surface area contributed by atoms with Crippen molar-refractivity contribution < 1.29 is 0 Å². The fourth-order valence-electron chi connectivity index (χ4n) is 2.48. The molecular formula is C18H16N2O2. The summed E-state index contributed by atoms with van der Waals surface area (Å²) in [5.41, 5.74) is 3.46. The van der Waals surface area contributed by atoms with Crippen LogP contribution in [0.4, 0.5) is 0 Å². The van der Waals surface area contributed by atoms with E-state index in [1.54, 1.807) is 12.4 Å². The molecule has 0 aliphatic carbocycles. The van der Waals surface area contributed by atoms with E-state index in [-0.39, 0.29) is 11.1 Å². The molecule has 0 unspecified atom stereocenters. The Labute approximate surface area is 127 Å². The maximum atomic E-state index is 11.7. The molecule has 0 aliphatic rings. The zero-order valence-corrected chi connectivity index (χ0v) is 12.0. The number of pyridine rings is 2. The largest absolute Gasteiger partial charge is 0.329 e. The van der Waals surface area contributed by atoms with Gasteiger partial charge in [0.2, 0.25) is 0 Å². The predicted octanol–water partition coefficient (Wildman–Crippen LogP) is 2.24. The SMILES string of the molecule is O=c1[nH]cccc1Cc1cccc(Cc2ccc[nH]c2=O)c1. The molecule has 4 nitrogen and oxygen atoms in total. The van der Waals surface area contributed by atoms with Crippen LogP contribution >= 0.6 is 0 Å². The van der Waals surface area contributed by atoms with Gasteiger partial charge in [0.25, 0.3) is 11.1 Å². The number of H-pyrrole nitrogens is 2. The van der Waals surface area contributed by atoms with Crippen molar-refractivity contribution >= 4 is 0 Å². The minimum Gasteiger partial charge on any atom is -0.329 e. The van der Waals surface area contributed by atoms with Crippen LogP contribution in [-0.2, 0) is 12.8 Å². The topological polar surface area (TPSA) is 65.7 Å². The molecule has 0 atom stereocenters. The summed E-state index contributed by atoms with van der Waals surface area (Å²) >= 11 is 0. The standard InChI is InChI=1S/C18H16N2O2/c21-17-15(6-2-8-19-17)11-13-4-1-5-14(10-13)12-16-7-3-9-20-18(16)22/h1-10H,11-12H2,(H,19,21)(H,20,22). The number of rotatable bonds is 4. The van der Waals surface area contributed by atoms with E-state index in [1.165, 1.54) is 0 Å². The zero-order chi connectivity index (χ0) is 15.4. The van der Waals surface area contributed by atoms with Gasteiger partial charge in [-0.25, -0.2) is 0 Å². The molecule has 0 fully saturated rings. The lowest BCUT2D eigenvalue weighted by Crippen LogP contribution is -2.12. The number of aromatic nitrogens is 2.